The number of amides is 1. The molecule has 0 radical (unpaired) electrons. The summed E-state index contributed by atoms with van der Waals surface area (Å²) in [5.74, 6) is -2.31. The highest BCUT2D eigenvalue weighted by Crippen LogP contribution is 2.30. The number of carbonyl (C=O) groups is 1. The van der Waals surface area contributed by atoms with Gasteiger partial charge in [0.25, 0.3) is 5.91 Å². The van der Waals surface area contributed by atoms with Crippen LogP contribution in [0.3, 0.4) is 0 Å². The number of halogens is 6. The van der Waals surface area contributed by atoms with Gasteiger partial charge < -0.3 is 10.2 Å². The second-order valence-electron chi connectivity index (χ2n) is 8.55. The molecule has 0 saturated carbocycles. The topological polar surface area (TPSA) is 35.6 Å². The van der Waals surface area contributed by atoms with E-state index in [9.17, 15) is 31.1 Å². The van der Waals surface area contributed by atoms with Crippen molar-refractivity contribution in [1.29, 1.82) is 0 Å². The van der Waals surface area contributed by atoms with Crippen molar-refractivity contribution >= 4 is 5.91 Å². The Morgan fingerprint density at radius 1 is 1.12 bits per heavy atom. The average molecular weight is 463 g/mol. The van der Waals surface area contributed by atoms with Crippen LogP contribution in [0.15, 0.2) is 30.5 Å². The van der Waals surface area contributed by atoms with E-state index < -0.39 is 35.8 Å². The molecule has 1 amide bonds. The number of hydrogen-bond acceptors (Lipinski definition) is 3. The molecule has 1 N–H and O–H groups in total. The number of benzene rings is 1. The molecule has 178 valence electrons. The van der Waals surface area contributed by atoms with E-state index in [0.29, 0.717) is 38.2 Å². The molecule has 0 unspecified atom stereocenters. The summed E-state index contributed by atoms with van der Waals surface area (Å²) in [6.45, 7) is 7.32. The average Bonchev–Trinajstić information content (AvgIpc) is 3.23. The zero-order chi connectivity index (χ0) is 23.5. The van der Waals surface area contributed by atoms with Crippen molar-refractivity contribution < 1.29 is 31.1 Å². The number of alkyl halides is 5. The van der Waals surface area contributed by atoms with E-state index in [-0.39, 0.29) is 18.0 Å². The highest BCUT2D eigenvalue weighted by molar-refractivity contribution is 5.94. The molecule has 1 atom stereocenters. The van der Waals surface area contributed by atoms with Gasteiger partial charge in [0.1, 0.15) is 5.82 Å². The van der Waals surface area contributed by atoms with E-state index in [1.54, 1.807) is 0 Å². The van der Waals surface area contributed by atoms with Crippen LogP contribution in [0, 0.1) is 17.7 Å². The van der Waals surface area contributed by atoms with Crippen molar-refractivity contribution in [3.8, 4) is 0 Å². The molecule has 2 aliphatic rings. The highest BCUT2D eigenvalue weighted by atomic mass is 19.4. The normalized spacial score (nSPS) is 20.7. The molecular formula is C22H27F6N3O. The van der Waals surface area contributed by atoms with Crippen molar-refractivity contribution in [2.24, 2.45) is 11.8 Å². The monoisotopic (exact) mass is 463 g/mol. The van der Waals surface area contributed by atoms with Crippen molar-refractivity contribution in [3.63, 3.8) is 0 Å². The van der Waals surface area contributed by atoms with E-state index in [0.717, 1.165) is 37.7 Å². The van der Waals surface area contributed by atoms with Gasteiger partial charge in [-0.3, -0.25) is 9.69 Å². The largest absolute Gasteiger partial charge is 0.416 e. The first kappa shape index (κ1) is 24.4. The Balaban J connectivity index is 1.42. The van der Waals surface area contributed by atoms with Crippen LogP contribution in [-0.2, 0) is 6.18 Å². The molecule has 2 saturated heterocycles. The van der Waals surface area contributed by atoms with Gasteiger partial charge in [0, 0.05) is 43.4 Å². The fourth-order valence-corrected chi connectivity index (χ4v) is 4.21. The van der Waals surface area contributed by atoms with Gasteiger partial charge in [0.05, 0.1) is 5.56 Å². The van der Waals surface area contributed by atoms with Crippen LogP contribution in [0.25, 0.3) is 0 Å². The van der Waals surface area contributed by atoms with E-state index in [1.165, 1.54) is 0 Å². The summed E-state index contributed by atoms with van der Waals surface area (Å²) in [5, 5.41) is 2.60. The van der Waals surface area contributed by atoms with Gasteiger partial charge >= 0.3 is 6.18 Å². The Labute approximate surface area is 183 Å². The lowest BCUT2D eigenvalue weighted by Gasteiger charge is -2.34. The van der Waals surface area contributed by atoms with Crippen molar-refractivity contribution in [1.82, 2.24) is 15.1 Å². The molecule has 1 aromatic carbocycles. The van der Waals surface area contributed by atoms with E-state index in [4.69, 9.17) is 0 Å². The molecule has 2 fully saturated rings. The van der Waals surface area contributed by atoms with Gasteiger partial charge in [-0.1, -0.05) is 6.58 Å². The fourth-order valence-electron chi connectivity index (χ4n) is 4.21. The third-order valence-electron chi connectivity index (χ3n) is 6.18. The Bertz CT molecular complexity index is 820. The Kier molecular flexibility index (Phi) is 7.74. The lowest BCUT2D eigenvalue weighted by atomic mass is 9.96. The van der Waals surface area contributed by atoms with Crippen LogP contribution in [0.2, 0.25) is 0 Å². The number of nitrogens with one attached hydrogen (secondary N) is 1. The standard InChI is InChI=1S/C22H27F6N3O/c1-14(31-7-4-16(13-31)20(24)25)12-30-5-2-15(3-6-30)11-29-21(32)17-8-18(22(26,27)28)10-19(23)9-17/h8-10,15-16,20H,1-7,11-13H2,(H,29,32)/t16-/m0/s1. The van der Waals surface area contributed by atoms with E-state index in [1.807, 2.05) is 4.90 Å². The molecule has 0 bridgehead atoms. The molecule has 0 aliphatic carbocycles. The van der Waals surface area contributed by atoms with Crippen molar-refractivity contribution in [2.75, 3.05) is 39.3 Å². The van der Waals surface area contributed by atoms with Gasteiger partial charge in [-0.2, -0.15) is 13.2 Å². The van der Waals surface area contributed by atoms with Crippen LogP contribution in [0.1, 0.15) is 35.2 Å². The van der Waals surface area contributed by atoms with Crippen LogP contribution in [0.4, 0.5) is 26.3 Å². The van der Waals surface area contributed by atoms with Crippen LogP contribution in [0.5, 0.6) is 0 Å². The fraction of sp³-hybridized carbons (Fsp3) is 0.591. The van der Waals surface area contributed by atoms with Crippen molar-refractivity contribution in [2.45, 2.75) is 31.9 Å². The minimum Gasteiger partial charge on any atom is -0.374 e. The first-order valence-electron chi connectivity index (χ1n) is 10.6. The van der Waals surface area contributed by atoms with Gasteiger partial charge in [-0.25, -0.2) is 13.2 Å². The number of piperidine rings is 1. The maximum absolute atomic E-state index is 13.5. The number of rotatable bonds is 7. The summed E-state index contributed by atoms with van der Waals surface area (Å²) in [7, 11) is 0. The number of nitrogens with zero attached hydrogens (tertiary/aromatic N) is 2. The SMILES string of the molecule is C=C(CN1CCC(CNC(=O)c2cc(F)cc(C(F)(F)F)c2)CC1)N1CC[C@H](C(F)F)C1. The van der Waals surface area contributed by atoms with Gasteiger partial charge in [-0.05, 0) is 56.5 Å². The van der Waals surface area contributed by atoms with E-state index in [2.05, 4.69) is 16.8 Å². The molecule has 1 aromatic rings. The first-order chi connectivity index (χ1) is 15.0. The summed E-state index contributed by atoms with van der Waals surface area (Å²) in [4.78, 5) is 16.3. The lowest BCUT2D eigenvalue weighted by molar-refractivity contribution is -0.137. The summed E-state index contributed by atoms with van der Waals surface area (Å²) in [6, 6.07) is 1.79. The second-order valence-corrected chi connectivity index (χ2v) is 8.55. The Hall–Kier alpha value is -2.23. The molecule has 4 nitrogen and oxygen atoms in total. The van der Waals surface area contributed by atoms with E-state index >= 15 is 0 Å². The van der Waals surface area contributed by atoms with Crippen LogP contribution >= 0.6 is 0 Å². The van der Waals surface area contributed by atoms with Gasteiger partial charge in [0.15, 0.2) is 0 Å². The second kappa shape index (κ2) is 10.1. The summed E-state index contributed by atoms with van der Waals surface area (Å²) >= 11 is 0. The van der Waals surface area contributed by atoms with Crippen LogP contribution < -0.4 is 5.32 Å². The molecule has 32 heavy (non-hydrogen) atoms. The predicted molar refractivity (Wildman–Crippen MR) is 108 cm³/mol. The highest BCUT2D eigenvalue weighted by Gasteiger charge is 2.32. The smallest absolute Gasteiger partial charge is 0.374 e. The molecule has 10 heteroatoms. The maximum Gasteiger partial charge on any atom is 0.416 e. The Morgan fingerprint density at radius 2 is 1.81 bits per heavy atom. The minimum atomic E-state index is -4.73. The number of hydrogen-bond donors (Lipinski definition) is 1. The molecule has 3 rings (SSSR count). The first-order valence-corrected chi connectivity index (χ1v) is 10.6. The van der Waals surface area contributed by atoms with Crippen LogP contribution in [-0.4, -0.2) is 61.4 Å². The molecule has 2 heterocycles. The molecular weight excluding hydrogens is 436 g/mol. The third-order valence-corrected chi connectivity index (χ3v) is 6.18. The number of likely N-dealkylation sites (tertiary alicyclic amines) is 2. The van der Waals surface area contributed by atoms with Gasteiger partial charge in [-0.15, -0.1) is 0 Å². The quantitative estimate of drug-likeness (QED) is 0.610. The Morgan fingerprint density at radius 3 is 2.41 bits per heavy atom. The summed E-state index contributed by atoms with van der Waals surface area (Å²) < 4.78 is 77.7. The maximum atomic E-state index is 13.5. The lowest BCUT2D eigenvalue weighted by Crippen LogP contribution is -2.41. The molecule has 2 aliphatic heterocycles. The summed E-state index contributed by atoms with van der Waals surface area (Å²) in [5.41, 5.74) is -0.737. The summed E-state index contributed by atoms with van der Waals surface area (Å²) in [6.07, 6.45) is -5.04. The molecule has 0 spiro atoms. The minimum absolute atomic E-state index is 0.147. The third kappa shape index (κ3) is 6.40. The number of carbonyl (C=O) groups excluding carboxylic acids is 1. The van der Waals surface area contributed by atoms with Crippen molar-refractivity contribution in [3.05, 3.63) is 47.4 Å². The molecule has 0 aromatic heterocycles. The zero-order valence-corrected chi connectivity index (χ0v) is 17.6. The zero-order valence-electron chi connectivity index (χ0n) is 17.6. The predicted octanol–water partition coefficient (Wildman–Crippen LogP) is 4.39. The van der Waals surface area contributed by atoms with Gasteiger partial charge in [0.2, 0.25) is 6.43 Å².